The van der Waals surface area contributed by atoms with Crippen LogP contribution in [0.1, 0.15) is 6.92 Å². The molecule has 0 aromatic heterocycles. The van der Waals surface area contributed by atoms with Crippen molar-refractivity contribution in [1.82, 2.24) is 0 Å². The molecule has 0 aliphatic rings. The number of hydrogen-bond acceptors (Lipinski definition) is 7. The molecule has 2 aromatic rings. The van der Waals surface area contributed by atoms with E-state index < -0.39 is 37.5 Å². The second-order valence-electron chi connectivity index (χ2n) is 5.58. The van der Waals surface area contributed by atoms with Gasteiger partial charge in [0.15, 0.2) is 4.90 Å². The van der Waals surface area contributed by atoms with Gasteiger partial charge in [-0.05, 0) is 25.1 Å². The van der Waals surface area contributed by atoms with Gasteiger partial charge >= 0.3 is 5.97 Å². The summed E-state index contributed by atoms with van der Waals surface area (Å²) in [5.74, 6) is -1.15. The quantitative estimate of drug-likeness (QED) is 0.517. The van der Waals surface area contributed by atoms with Crippen molar-refractivity contribution in [2.75, 3.05) is 18.5 Å². The lowest BCUT2D eigenvalue weighted by Gasteiger charge is -2.29. The number of methoxy groups -OCH3 is 2. The molecule has 2 aromatic carbocycles. The molecule has 1 unspecified atom stereocenters. The van der Waals surface area contributed by atoms with Crippen molar-refractivity contribution in [3.63, 3.8) is 0 Å². The minimum absolute atomic E-state index is 0.0519. The highest BCUT2D eigenvalue weighted by Gasteiger charge is 2.38. The number of rotatable bonds is 8. The van der Waals surface area contributed by atoms with Gasteiger partial charge in [-0.25, -0.2) is 17.5 Å². The second kappa shape index (κ2) is 8.13. The smallest absolute Gasteiger partial charge is 0.327 e. The number of benzene rings is 2. The number of anilines is 1. The number of ether oxygens (including phenoxy) is 2. The Morgan fingerprint density at radius 1 is 1.18 bits per heavy atom. The van der Waals surface area contributed by atoms with Gasteiger partial charge in [-0.3, -0.25) is 10.1 Å². The van der Waals surface area contributed by atoms with Crippen LogP contribution < -0.4 is 13.8 Å². The van der Waals surface area contributed by atoms with Gasteiger partial charge in [0, 0.05) is 12.1 Å². The highest BCUT2D eigenvalue weighted by Crippen LogP contribution is 2.38. The lowest BCUT2D eigenvalue weighted by atomic mass is 10.2. The molecule has 0 aliphatic carbocycles. The fraction of sp³-hybridized carbons (Fsp3) is 0.235. The van der Waals surface area contributed by atoms with E-state index in [2.05, 4.69) is 0 Å². The van der Waals surface area contributed by atoms with Crippen LogP contribution in [0.4, 0.5) is 11.4 Å². The predicted octanol–water partition coefficient (Wildman–Crippen LogP) is 2.28. The van der Waals surface area contributed by atoms with Crippen LogP contribution in [-0.4, -0.2) is 44.7 Å². The maximum absolute atomic E-state index is 13.3. The summed E-state index contributed by atoms with van der Waals surface area (Å²) in [6, 6.07) is 7.30. The van der Waals surface area contributed by atoms with Gasteiger partial charge in [-0.15, -0.1) is 0 Å². The summed E-state index contributed by atoms with van der Waals surface area (Å²) < 4.78 is 37.5. The van der Waals surface area contributed by atoms with Gasteiger partial charge in [0.05, 0.1) is 24.8 Å². The number of nitro benzene ring substituents is 1. The van der Waals surface area contributed by atoms with E-state index in [1.54, 1.807) is 0 Å². The van der Waals surface area contributed by atoms with Crippen molar-refractivity contribution in [1.29, 1.82) is 0 Å². The minimum atomic E-state index is -4.66. The first-order valence-corrected chi connectivity index (χ1v) is 9.31. The highest BCUT2D eigenvalue weighted by atomic mass is 32.2. The summed E-state index contributed by atoms with van der Waals surface area (Å²) in [5.41, 5.74) is -0.804. The first kappa shape index (κ1) is 21.0. The summed E-state index contributed by atoms with van der Waals surface area (Å²) >= 11 is 0. The molecule has 0 saturated carbocycles. The lowest BCUT2D eigenvalue weighted by molar-refractivity contribution is -0.387. The third-order valence-electron chi connectivity index (χ3n) is 3.93. The predicted molar refractivity (Wildman–Crippen MR) is 99.4 cm³/mol. The zero-order chi connectivity index (χ0) is 21.1. The van der Waals surface area contributed by atoms with Crippen molar-refractivity contribution >= 4 is 27.4 Å². The van der Waals surface area contributed by atoms with Crippen LogP contribution in [0.3, 0.4) is 0 Å². The summed E-state index contributed by atoms with van der Waals surface area (Å²) in [6.07, 6.45) is 0. The highest BCUT2D eigenvalue weighted by molar-refractivity contribution is 7.93. The third kappa shape index (κ3) is 3.83. The number of sulfonamides is 1. The molecule has 11 heteroatoms. The number of aliphatic carboxylic acids is 1. The molecule has 0 amide bonds. The van der Waals surface area contributed by atoms with E-state index in [1.807, 2.05) is 0 Å². The number of para-hydroxylation sites is 1. The van der Waals surface area contributed by atoms with Crippen LogP contribution >= 0.6 is 0 Å². The van der Waals surface area contributed by atoms with E-state index in [4.69, 9.17) is 9.47 Å². The van der Waals surface area contributed by atoms with E-state index in [0.717, 1.165) is 19.1 Å². The molecule has 0 fully saturated rings. The fourth-order valence-electron chi connectivity index (χ4n) is 2.55. The van der Waals surface area contributed by atoms with Crippen molar-refractivity contribution in [3.8, 4) is 11.5 Å². The van der Waals surface area contributed by atoms with Crippen molar-refractivity contribution in [2.45, 2.75) is 17.9 Å². The average molecular weight is 410 g/mol. The largest absolute Gasteiger partial charge is 0.497 e. The first-order valence-electron chi connectivity index (χ1n) is 7.87. The Bertz CT molecular complexity index is 1010. The topological polar surface area (TPSA) is 136 Å². The zero-order valence-electron chi connectivity index (χ0n) is 15.2. The molecule has 1 N–H and O–H groups in total. The van der Waals surface area contributed by atoms with Crippen LogP contribution in [0.25, 0.3) is 0 Å². The maximum Gasteiger partial charge on any atom is 0.327 e. The molecule has 0 aliphatic heterocycles. The monoisotopic (exact) mass is 410 g/mol. The van der Waals surface area contributed by atoms with E-state index in [-0.39, 0.29) is 17.2 Å². The van der Waals surface area contributed by atoms with E-state index >= 15 is 0 Å². The van der Waals surface area contributed by atoms with Gasteiger partial charge < -0.3 is 14.6 Å². The van der Waals surface area contributed by atoms with Crippen LogP contribution in [0, 0.1) is 10.1 Å². The zero-order valence-corrected chi connectivity index (χ0v) is 16.0. The SMILES string of the molecule is COc1ccc(OC)c(N(C(C)C(=O)O)S(=O)(=O)c2ccccc2[N+](=O)[O-])c1. The summed E-state index contributed by atoms with van der Waals surface area (Å²) in [6.45, 7) is 1.15. The molecule has 150 valence electrons. The Balaban J connectivity index is 2.83. The summed E-state index contributed by atoms with van der Waals surface area (Å²) in [7, 11) is -2.02. The third-order valence-corrected chi connectivity index (χ3v) is 5.86. The number of hydrogen-bond donors (Lipinski definition) is 1. The normalized spacial score (nSPS) is 12.1. The molecule has 28 heavy (non-hydrogen) atoms. The molecule has 2 rings (SSSR count). The van der Waals surface area contributed by atoms with Crippen LogP contribution in [-0.2, 0) is 14.8 Å². The molecule has 0 saturated heterocycles. The number of nitrogens with zero attached hydrogens (tertiary/aromatic N) is 2. The van der Waals surface area contributed by atoms with Gasteiger partial charge in [-0.2, -0.15) is 0 Å². The maximum atomic E-state index is 13.3. The van der Waals surface area contributed by atoms with Gasteiger partial charge in [-0.1, -0.05) is 12.1 Å². The Kier molecular flexibility index (Phi) is 6.09. The van der Waals surface area contributed by atoms with Crippen molar-refractivity contribution in [3.05, 3.63) is 52.6 Å². The molecular formula is C17H18N2O8S. The van der Waals surface area contributed by atoms with Crippen LogP contribution in [0.2, 0.25) is 0 Å². The Morgan fingerprint density at radius 2 is 1.82 bits per heavy atom. The molecule has 0 heterocycles. The van der Waals surface area contributed by atoms with Gasteiger partial charge in [0.25, 0.3) is 15.7 Å². The fourth-order valence-corrected chi connectivity index (χ4v) is 4.33. The minimum Gasteiger partial charge on any atom is -0.497 e. The standard InChI is InChI=1S/C17H18N2O8S/c1-11(17(20)21)18(14-10-12(26-2)8-9-15(14)27-3)28(24,25)16-7-5-4-6-13(16)19(22)23/h4-11H,1-3H3,(H,20,21). The van der Waals surface area contributed by atoms with Crippen molar-refractivity contribution in [2.24, 2.45) is 0 Å². The molecule has 0 spiro atoms. The summed E-state index contributed by atoms with van der Waals surface area (Å²) in [5, 5.41) is 20.8. The Labute approximate surface area is 161 Å². The molecular weight excluding hydrogens is 392 g/mol. The van der Waals surface area contributed by atoms with E-state index in [1.165, 1.54) is 44.6 Å². The number of carboxylic acids is 1. The Hall–Kier alpha value is -3.34. The summed E-state index contributed by atoms with van der Waals surface area (Å²) in [4.78, 5) is 21.5. The first-order chi connectivity index (χ1) is 13.1. The van der Waals surface area contributed by atoms with Crippen LogP contribution in [0.15, 0.2) is 47.4 Å². The molecule has 0 radical (unpaired) electrons. The van der Waals surface area contributed by atoms with E-state index in [9.17, 15) is 28.4 Å². The molecule has 1 atom stereocenters. The average Bonchev–Trinajstić information content (AvgIpc) is 2.67. The molecule has 0 bridgehead atoms. The lowest BCUT2D eigenvalue weighted by Crippen LogP contribution is -2.43. The van der Waals surface area contributed by atoms with E-state index in [0.29, 0.717) is 4.31 Å². The number of nitro groups is 1. The number of carboxylic acid groups (broad SMARTS) is 1. The Morgan fingerprint density at radius 3 is 2.36 bits per heavy atom. The van der Waals surface area contributed by atoms with Crippen molar-refractivity contribution < 1.29 is 32.7 Å². The second-order valence-corrected chi connectivity index (χ2v) is 7.36. The van der Waals surface area contributed by atoms with Gasteiger partial charge in [0.1, 0.15) is 17.5 Å². The van der Waals surface area contributed by atoms with Gasteiger partial charge in [0.2, 0.25) is 0 Å². The molecule has 10 nitrogen and oxygen atoms in total. The van der Waals surface area contributed by atoms with Crippen LogP contribution in [0.5, 0.6) is 11.5 Å². The number of carbonyl (C=O) groups is 1.